The molecule has 0 radical (unpaired) electrons. The molecule has 2 atom stereocenters. The molecule has 2 heterocycles. The molecule has 3 rings (SSSR count). The van der Waals surface area contributed by atoms with E-state index in [9.17, 15) is 0 Å². The highest BCUT2D eigenvalue weighted by atomic mass is 127. The first-order valence-electron chi connectivity index (χ1n) is 11.4. The Morgan fingerprint density at radius 3 is 2.87 bits per heavy atom. The molecular formula is C23H38ClIN4O2. The van der Waals surface area contributed by atoms with E-state index in [4.69, 9.17) is 26.1 Å². The molecule has 1 aromatic rings. The number of nitrogens with one attached hydrogen (secondary N) is 2. The first-order valence-corrected chi connectivity index (χ1v) is 11.8. The van der Waals surface area contributed by atoms with Crippen molar-refractivity contribution in [1.29, 1.82) is 0 Å². The van der Waals surface area contributed by atoms with Crippen LogP contribution in [0.1, 0.15) is 44.2 Å². The van der Waals surface area contributed by atoms with Gasteiger partial charge >= 0.3 is 0 Å². The van der Waals surface area contributed by atoms with Crippen LogP contribution in [0, 0.1) is 5.92 Å². The molecule has 2 aliphatic heterocycles. The van der Waals surface area contributed by atoms with Crippen LogP contribution in [0.2, 0.25) is 5.02 Å². The Balaban J connectivity index is 0.00000341. The molecule has 0 saturated carbocycles. The van der Waals surface area contributed by atoms with Crippen LogP contribution in [-0.2, 0) is 9.47 Å². The molecule has 2 unspecified atom stereocenters. The summed E-state index contributed by atoms with van der Waals surface area (Å²) < 4.78 is 11.2. The van der Waals surface area contributed by atoms with E-state index in [2.05, 4.69) is 34.6 Å². The third-order valence-electron chi connectivity index (χ3n) is 5.72. The molecule has 0 bridgehead atoms. The van der Waals surface area contributed by atoms with Crippen LogP contribution < -0.4 is 10.6 Å². The van der Waals surface area contributed by atoms with Gasteiger partial charge in [0.25, 0.3) is 0 Å². The van der Waals surface area contributed by atoms with E-state index in [1.807, 2.05) is 12.1 Å². The largest absolute Gasteiger partial charge is 0.381 e. The van der Waals surface area contributed by atoms with E-state index in [1.54, 1.807) is 0 Å². The first-order chi connectivity index (χ1) is 14.8. The molecule has 0 aliphatic carbocycles. The fourth-order valence-electron chi connectivity index (χ4n) is 4.06. The maximum Gasteiger partial charge on any atom is 0.191 e. The van der Waals surface area contributed by atoms with Gasteiger partial charge in [-0.05, 0) is 63.4 Å². The quantitative estimate of drug-likeness (QED) is 0.184. The lowest BCUT2D eigenvalue weighted by Crippen LogP contribution is -2.39. The SMILES string of the molecule is CCNC(=NCC(c1cccc(Cl)c1)N1CCCC1)NCCCOCC1CCOC1.I. The molecule has 0 spiro atoms. The summed E-state index contributed by atoms with van der Waals surface area (Å²) in [5, 5.41) is 7.60. The van der Waals surface area contributed by atoms with Crippen molar-refractivity contribution in [3.63, 3.8) is 0 Å². The fraction of sp³-hybridized carbons (Fsp3) is 0.696. The van der Waals surface area contributed by atoms with Crippen molar-refractivity contribution < 1.29 is 9.47 Å². The summed E-state index contributed by atoms with van der Waals surface area (Å²) in [6.07, 6.45) is 4.60. The number of likely N-dealkylation sites (tertiary alicyclic amines) is 1. The molecule has 6 nitrogen and oxygen atoms in total. The number of guanidine groups is 1. The van der Waals surface area contributed by atoms with Gasteiger partial charge < -0.3 is 20.1 Å². The summed E-state index contributed by atoms with van der Waals surface area (Å²) in [5.74, 6) is 1.44. The van der Waals surface area contributed by atoms with Gasteiger partial charge in [0, 0.05) is 37.2 Å². The number of ether oxygens (including phenoxy) is 2. The second kappa shape index (κ2) is 15.3. The third kappa shape index (κ3) is 9.42. The van der Waals surface area contributed by atoms with Gasteiger partial charge in [0.2, 0.25) is 0 Å². The Morgan fingerprint density at radius 1 is 1.32 bits per heavy atom. The van der Waals surface area contributed by atoms with Crippen LogP contribution in [0.4, 0.5) is 0 Å². The maximum atomic E-state index is 6.26. The summed E-state index contributed by atoms with van der Waals surface area (Å²) in [7, 11) is 0. The molecule has 176 valence electrons. The minimum absolute atomic E-state index is 0. The third-order valence-corrected chi connectivity index (χ3v) is 5.95. The molecule has 2 saturated heterocycles. The predicted molar refractivity (Wildman–Crippen MR) is 139 cm³/mol. The van der Waals surface area contributed by atoms with E-state index in [0.717, 1.165) is 76.4 Å². The first kappa shape index (κ1) is 26.6. The standard InChI is InChI=1S/C23H37ClN4O2.HI/c1-2-25-23(26-10-6-13-29-17-19-9-14-30-18-19)27-16-22(28-11-3-4-12-28)20-7-5-8-21(24)15-20;/h5,7-8,15,19,22H,2-4,6,9-14,16-18H2,1H3,(H2,25,26,27);1H. The van der Waals surface area contributed by atoms with E-state index < -0.39 is 0 Å². The Kier molecular flexibility index (Phi) is 13.1. The van der Waals surface area contributed by atoms with Crippen molar-refractivity contribution in [3.05, 3.63) is 34.9 Å². The van der Waals surface area contributed by atoms with Crippen molar-refractivity contribution in [3.8, 4) is 0 Å². The lowest BCUT2D eigenvalue weighted by atomic mass is 10.1. The smallest absolute Gasteiger partial charge is 0.191 e. The highest BCUT2D eigenvalue weighted by Crippen LogP contribution is 2.27. The topological polar surface area (TPSA) is 58.1 Å². The van der Waals surface area contributed by atoms with E-state index in [0.29, 0.717) is 12.5 Å². The van der Waals surface area contributed by atoms with Crippen molar-refractivity contribution >= 4 is 41.5 Å². The van der Waals surface area contributed by atoms with Gasteiger partial charge in [-0.25, -0.2) is 0 Å². The van der Waals surface area contributed by atoms with E-state index in [-0.39, 0.29) is 30.0 Å². The van der Waals surface area contributed by atoms with Crippen LogP contribution in [0.3, 0.4) is 0 Å². The maximum absolute atomic E-state index is 6.26. The van der Waals surface area contributed by atoms with Gasteiger partial charge in [0.1, 0.15) is 0 Å². The molecule has 2 N–H and O–H groups in total. The Morgan fingerprint density at radius 2 is 2.16 bits per heavy atom. The lowest BCUT2D eigenvalue weighted by Gasteiger charge is -2.27. The highest BCUT2D eigenvalue weighted by molar-refractivity contribution is 14.0. The van der Waals surface area contributed by atoms with Crippen LogP contribution in [-0.4, -0.2) is 70.0 Å². The number of aliphatic imine (C=N–C) groups is 1. The minimum Gasteiger partial charge on any atom is -0.381 e. The number of hydrogen-bond donors (Lipinski definition) is 2. The zero-order valence-electron chi connectivity index (χ0n) is 18.7. The fourth-order valence-corrected chi connectivity index (χ4v) is 4.26. The van der Waals surface area contributed by atoms with Crippen molar-refractivity contribution in [2.45, 2.75) is 38.6 Å². The van der Waals surface area contributed by atoms with Crippen LogP contribution in [0.25, 0.3) is 0 Å². The van der Waals surface area contributed by atoms with E-state index >= 15 is 0 Å². The summed E-state index contributed by atoms with van der Waals surface area (Å²) in [6.45, 7) is 10.1. The second-order valence-corrected chi connectivity index (χ2v) is 8.55. The summed E-state index contributed by atoms with van der Waals surface area (Å²) in [5.41, 5.74) is 1.24. The molecular weight excluding hydrogens is 527 g/mol. The monoisotopic (exact) mass is 564 g/mol. The van der Waals surface area contributed by atoms with Crippen molar-refractivity contribution in [2.75, 3.05) is 59.2 Å². The Hall–Kier alpha value is -0.610. The number of benzene rings is 1. The van der Waals surface area contributed by atoms with Gasteiger partial charge in [0.05, 0.1) is 25.8 Å². The second-order valence-electron chi connectivity index (χ2n) is 8.12. The number of hydrogen-bond acceptors (Lipinski definition) is 4. The molecule has 0 aromatic heterocycles. The molecule has 1 aromatic carbocycles. The van der Waals surface area contributed by atoms with Gasteiger partial charge in [-0.15, -0.1) is 24.0 Å². The van der Waals surface area contributed by atoms with Crippen molar-refractivity contribution in [2.24, 2.45) is 10.9 Å². The zero-order valence-corrected chi connectivity index (χ0v) is 21.7. The Labute approximate surface area is 209 Å². The molecule has 2 aliphatic rings. The molecule has 8 heteroatoms. The normalized spacial score (nSPS) is 20.5. The van der Waals surface area contributed by atoms with E-state index in [1.165, 1.54) is 18.4 Å². The zero-order chi connectivity index (χ0) is 21.0. The van der Waals surface area contributed by atoms with Gasteiger partial charge in [-0.1, -0.05) is 23.7 Å². The molecule has 0 amide bonds. The number of halogens is 2. The minimum atomic E-state index is 0. The van der Waals surface area contributed by atoms with Gasteiger partial charge in [-0.2, -0.15) is 0 Å². The number of nitrogens with zero attached hydrogens (tertiary/aromatic N) is 2. The molecule has 2 fully saturated rings. The van der Waals surface area contributed by atoms with Crippen LogP contribution in [0.5, 0.6) is 0 Å². The highest BCUT2D eigenvalue weighted by Gasteiger charge is 2.23. The lowest BCUT2D eigenvalue weighted by molar-refractivity contribution is 0.0888. The Bertz CT molecular complexity index is 652. The summed E-state index contributed by atoms with van der Waals surface area (Å²) >= 11 is 6.26. The predicted octanol–water partition coefficient (Wildman–Crippen LogP) is 4.09. The van der Waals surface area contributed by atoms with Gasteiger partial charge in [-0.3, -0.25) is 9.89 Å². The van der Waals surface area contributed by atoms with Crippen LogP contribution >= 0.6 is 35.6 Å². The van der Waals surface area contributed by atoms with Crippen molar-refractivity contribution in [1.82, 2.24) is 15.5 Å². The summed E-state index contributed by atoms with van der Waals surface area (Å²) in [4.78, 5) is 7.42. The average molecular weight is 565 g/mol. The number of rotatable bonds is 11. The van der Waals surface area contributed by atoms with Gasteiger partial charge in [0.15, 0.2) is 5.96 Å². The summed E-state index contributed by atoms with van der Waals surface area (Å²) in [6, 6.07) is 8.47. The average Bonchev–Trinajstić information content (AvgIpc) is 3.45. The molecule has 31 heavy (non-hydrogen) atoms. The van der Waals surface area contributed by atoms with Crippen LogP contribution in [0.15, 0.2) is 29.3 Å².